The smallest absolute Gasteiger partial charge is 0.413 e. The van der Waals surface area contributed by atoms with Crippen LogP contribution < -0.4 is 16.0 Å². The number of hydrogen-bond donors (Lipinski definition) is 3. The predicted molar refractivity (Wildman–Crippen MR) is 127 cm³/mol. The van der Waals surface area contributed by atoms with Gasteiger partial charge >= 0.3 is 12.2 Å². The molecule has 0 saturated heterocycles. The molecule has 2 rings (SSSR count). The molecule has 0 aliphatic carbocycles. The number of ether oxygens (including phenoxy) is 2. The molecule has 0 spiro atoms. The lowest BCUT2D eigenvalue weighted by atomic mass is 10.0. The first-order valence-electron chi connectivity index (χ1n) is 10.7. The van der Waals surface area contributed by atoms with Gasteiger partial charge in [-0.2, -0.15) is 0 Å². The van der Waals surface area contributed by atoms with Gasteiger partial charge in [-0.1, -0.05) is 50.1 Å². The third-order valence-corrected chi connectivity index (χ3v) is 4.62. The molecule has 0 heterocycles. The Morgan fingerprint density at radius 1 is 0.853 bits per heavy atom. The second-order valence-corrected chi connectivity index (χ2v) is 7.13. The van der Waals surface area contributed by atoms with Crippen molar-refractivity contribution in [3.63, 3.8) is 0 Å². The van der Waals surface area contributed by atoms with Crippen LogP contribution >= 0.6 is 0 Å². The predicted octanol–water partition coefficient (Wildman–Crippen LogP) is 4.14. The van der Waals surface area contributed by atoms with Gasteiger partial charge in [0.1, 0.15) is 0 Å². The van der Waals surface area contributed by atoms with Crippen LogP contribution in [0.3, 0.4) is 0 Å². The highest BCUT2D eigenvalue weighted by Gasteiger charge is 2.16. The number of ketones is 1. The van der Waals surface area contributed by atoms with Crippen molar-refractivity contribution in [1.82, 2.24) is 10.6 Å². The highest BCUT2D eigenvalue weighted by atomic mass is 16.5. The summed E-state index contributed by atoms with van der Waals surface area (Å²) >= 11 is 0. The van der Waals surface area contributed by atoms with Gasteiger partial charge in [0.15, 0.2) is 5.78 Å². The van der Waals surface area contributed by atoms with E-state index in [1.54, 1.807) is 42.5 Å². The zero-order valence-corrected chi connectivity index (χ0v) is 19.3. The first-order valence-corrected chi connectivity index (χ1v) is 10.7. The lowest BCUT2D eigenvalue weighted by Gasteiger charge is -2.13. The van der Waals surface area contributed by atoms with Gasteiger partial charge in [0.2, 0.25) is 11.9 Å². The molecule has 0 radical (unpaired) electrons. The van der Waals surface area contributed by atoms with Crippen molar-refractivity contribution >= 4 is 41.2 Å². The maximum Gasteiger partial charge on any atom is 0.413 e. The summed E-state index contributed by atoms with van der Waals surface area (Å²) in [4.78, 5) is 53.0. The summed E-state index contributed by atoms with van der Waals surface area (Å²) in [6.07, 6.45) is 1.15. The van der Waals surface area contributed by atoms with E-state index < -0.39 is 12.2 Å². The maximum absolute atomic E-state index is 12.9. The van der Waals surface area contributed by atoms with E-state index in [2.05, 4.69) is 30.4 Å². The number of carbonyl (C=O) groups is 4. The molecule has 10 heteroatoms. The highest BCUT2D eigenvalue weighted by molar-refractivity contribution is 6.10. The summed E-state index contributed by atoms with van der Waals surface area (Å²) < 4.78 is 9.11. The molecule has 3 N–H and O–H groups in total. The molecule has 3 amide bonds. The van der Waals surface area contributed by atoms with E-state index >= 15 is 0 Å². The molecule has 0 aromatic heterocycles. The summed E-state index contributed by atoms with van der Waals surface area (Å²) in [5.41, 5.74) is 1.19. The van der Waals surface area contributed by atoms with Crippen molar-refractivity contribution in [3.05, 3.63) is 59.7 Å². The van der Waals surface area contributed by atoms with Crippen LogP contribution in [0.25, 0.3) is 0 Å². The summed E-state index contributed by atoms with van der Waals surface area (Å²) in [5.74, 6) is -0.804. The third-order valence-electron chi connectivity index (χ3n) is 4.62. The molecule has 2 aromatic carbocycles. The second kappa shape index (κ2) is 13.4. The van der Waals surface area contributed by atoms with Crippen LogP contribution in [0.2, 0.25) is 0 Å². The van der Waals surface area contributed by atoms with Crippen LogP contribution in [-0.4, -0.2) is 44.1 Å². The van der Waals surface area contributed by atoms with Gasteiger partial charge in [0.05, 0.1) is 25.6 Å². The minimum atomic E-state index is -0.892. The Morgan fingerprint density at radius 3 is 2.09 bits per heavy atom. The van der Waals surface area contributed by atoms with Gasteiger partial charge in [-0.25, -0.2) is 14.6 Å². The molecule has 0 aliphatic heterocycles. The lowest BCUT2D eigenvalue weighted by molar-refractivity contribution is -0.116. The quantitative estimate of drug-likeness (QED) is 0.231. The number of unbranched alkanes of at least 4 members (excludes halogenated alkanes) is 2. The van der Waals surface area contributed by atoms with E-state index in [0.29, 0.717) is 23.2 Å². The molecule has 0 aliphatic rings. The Morgan fingerprint density at radius 2 is 1.50 bits per heavy atom. The minimum absolute atomic E-state index is 0.133. The van der Waals surface area contributed by atoms with Crippen LogP contribution in [0.5, 0.6) is 0 Å². The van der Waals surface area contributed by atoms with Crippen LogP contribution in [0, 0.1) is 0 Å². The van der Waals surface area contributed by atoms with Crippen molar-refractivity contribution in [2.45, 2.75) is 32.6 Å². The Balaban J connectivity index is 2.47. The van der Waals surface area contributed by atoms with Gasteiger partial charge in [-0.05, 0) is 24.6 Å². The van der Waals surface area contributed by atoms with Crippen molar-refractivity contribution in [2.75, 3.05) is 19.5 Å². The Hall–Kier alpha value is -4.21. The molecule has 34 heavy (non-hydrogen) atoms. The first-order chi connectivity index (χ1) is 16.4. The number of nitrogens with one attached hydrogen (secondary N) is 3. The number of guanidine groups is 1. The molecule has 0 bridgehead atoms. The number of aliphatic imine (C=N–C) groups is 1. The zero-order valence-electron chi connectivity index (χ0n) is 19.3. The van der Waals surface area contributed by atoms with E-state index in [4.69, 9.17) is 0 Å². The topological polar surface area (TPSA) is 135 Å². The number of benzene rings is 2. The van der Waals surface area contributed by atoms with E-state index in [0.717, 1.165) is 33.5 Å². The molecular formula is C24H28N4O6. The van der Waals surface area contributed by atoms with Gasteiger partial charge < -0.3 is 14.8 Å². The summed E-state index contributed by atoms with van der Waals surface area (Å²) in [6, 6.07) is 13.2. The number of methoxy groups -OCH3 is 2. The largest absolute Gasteiger partial charge is 0.453 e. The number of hydrogen-bond acceptors (Lipinski definition) is 7. The average molecular weight is 469 g/mol. The van der Waals surface area contributed by atoms with Crippen LogP contribution in [0.15, 0.2) is 53.5 Å². The standard InChI is InChI=1S/C24H28N4O6/c1-4-5-7-12-20(29)25-18-14-13-17(21(30)16-10-8-6-9-11-16)15-19(18)26-22(27-23(31)33-2)28-24(32)34-3/h6,8-11,13-15H,4-5,7,12H2,1-3H3,(H,25,29)(H2,26,27,28,31,32). The minimum Gasteiger partial charge on any atom is -0.453 e. The third kappa shape index (κ3) is 8.05. The number of nitrogens with zero attached hydrogens (tertiary/aromatic N) is 1. The maximum atomic E-state index is 12.9. The molecule has 0 saturated carbocycles. The average Bonchev–Trinajstić information content (AvgIpc) is 2.85. The molecule has 0 fully saturated rings. The SMILES string of the molecule is CCCCCC(=O)Nc1ccc(C(=O)c2ccccc2)cc1N=C(NC(=O)OC)NC(=O)OC. The van der Waals surface area contributed by atoms with Gasteiger partial charge in [0.25, 0.3) is 0 Å². The fraction of sp³-hybridized carbons (Fsp3) is 0.292. The van der Waals surface area contributed by atoms with Crippen molar-refractivity contribution in [3.8, 4) is 0 Å². The number of carbonyl (C=O) groups excluding carboxylic acids is 4. The summed E-state index contributed by atoms with van der Waals surface area (Å²) in [6.45, 7) is 2.04. The van der Waals surface area contributed by atoms with Crippen LogP contribution in [0.4, 0.5) is 21.0 Å². The number of rotatable bonds is 8. The second-order valence-electron chi connectivity index (χ2n) is 7.13. The van der Waals surface area contributed by atoms with Crippen molar-refractivity contribution in [1.29, 1.82) is 0 Å². The van der Waals surface area contributed by atoms with E-state index in [9.17, 15) is 19.2 Å². The fourth-order valence-corrected chi connectivity index (χ4v) is 2.88. The molecule has 0 atom stereocenters. The van der Waals surface area contributed by atoms with Gasteiger partial charge in [-0.15, -0.1) is 0 Å². The molecule has 2 aromatic rings. The molecule has 10 nitrogen and oxygen atoms in total. The number of anilines is 1. The normalized spacial score (nSPS) is 9.97. The molecule has 0 unspecified atom stereocenters. The molecule has 180 valence electrons. The lowest BCUT2D eigenvalue weighted by Crippen LogP contribution is -2.43. The Labute approximate surface area is 197 Å². The number of alkyl carbamates (subject to hydrolysis) is 2. The monoisotopic (exact) mass is 468 g/mol. The summed E-state index contributed by atoms with van der Waals surface area (Å²) in [5, 5.41) is 7.30. The van der Waals surface area contributed by atoms with Gasteiger partial charge in [-0.3, -0.25) is 20.2 Å². The van der Waals surface area contributed by atoms with E-state index in [1.807, 2.05) is 6.92 Å². The van der Waals surface area contributed by atoms with Gasteiger partial charge in [0, 0.05) is 17.5 Å². The highest BCUT2D eigenvalue weighted by Crippen LogP contribution is 2.28. The van der Waals surface area contributed by atoms with Crippen molar-refractivity contribution in [2.24, 2.45) is 4.99 Å². The first kappa shape index (κ1) is 26.0. The fourth-order valence-electron chi connectivity index (χ4n) is 2.88. The Kier molecular flexibility index (Phi) is 10.2. The van der Waals surface area contributed by atoms with E-state index in [-0.39, 0.29) is 23.3 Å². The Bertz CT molecular complexity index is 1030. The molecular weight excluding hydrogens is 440 g/mol. The number of amides is 3. The van der Waals surface area contributed by atoms with E-state index in [1.165, 1.54) is 6.07 Å². The summed E-state index contributed by atoms with van der Waals surface area (Å²) in [7, 11) is 2.29. The van der Waals surface area contributed by atoms with Crippen LogP contribution in [0.1, 0.15) is 48.5 Å². The zero-order chi connectivity index (χ0) is 24.9. The van der Waals surface area contributed by atoms with Crippen LogP contribution in [-0.2, 0) is 14.3 Å². The van der Waals surface area contributed by atoms with Crippen molar-refractivity contribution < 1.29 is 28.7 Å².